The van der Waals surface area contributed by atoms with Crippen LogP contribution in [0.1, 0.15) is 39.0 Å². The number of amides is 1. The van der Waals surface area contributed by atoms with Gasteiger partial charge in [-0.25, -0.2) is 0 Å². The second-order valence-electron chi connectivity index (χ2n) is 4.43. The van der Waals surface area contributed by atoms with Crippen molar-refractivity contribution in [1.82, 2.24) is 4.90 Å². The summed E-state index contributed by atoms with van der Waals surface area (Å²) < 4.78 is 5.45. The summed E-state index contributed by atoms with van der Waals surface area (Å²) >= 11 is 0. The lowest BCUT2D eigenvalue weighted by molar-refractivity contribution is -0.135. The van der Waals surface area contributed by atoms with Gasteiger partial charge in [0.05, 0.1) is 12.1 Å². The SMILES string of the molecule is CCCC(=O)N1CCCC12CCOC2. The molecule has 2 aliphatic rings. The maximum Gasteiger partial charge on any atom is 0.223 e. The van der Waals surface area contributed by atoms with Crippen molar-refractivity contribution in [3.8, 4) is 0 Å². The fourth-order valence-corrected chi connectivity index (χ4v) is 2.68. The van der Waals surface area contributed by atoms with Crippen LogP contribution in [0.2, 0.25) is 0 Å². The van der Waals surface area contributed by atoms with Gasteiger partial charge in [0, 0.05) is 19.6 Å². The minimum Gasteiger partial charge on any atom is -0.379 e. The number of hydrogen-bond donors (Lipinski definition) is 0. The molecule has 0 aromatic heterocycles. The van der Waals surface area contributed by atoms with E-state index in [-0.39, 0.29) is 5.54 Å². The average molecular weight is 197 g/mol. The standard InChI is InChI=1S/C11H19NO2/c1-2-4-10(13)12-7-3-5-11(12)6-8-14-9-11/h2-9H2,1H3. The summed E-state index contributed by atoms with van der Waals surface area (Å²) in [5, 5.41) is 0. The molecule has 0 N–H and O–H groups in total. The number of ether oxygens (including phenoxy) is 1. The molecule has 0 aliphatic carbocycles. The number of hydrogen-bond acceptors (Lipinski definition) is 2. The Balaban J connectivity index is 2.06. The Morgan fingerprint density at radius 3 is 3.00 bits per heavy atom. The van der Waals surface area contributed by atoms with E-state index in [1.807, 2.05) is 0 Å². The number of carbonyl (C=O) groups is 1. The largest absolute Gasteiger partial charge is 0.379 e. The summed E-state index contributed by atoms with van der Waals surface area (Å²) in [7, 11) is 0. The summed E-state index contributed by atoms with van der Waals surface area (Å²) in [5.74, 6) is 0.329. The van der Waals surface area contributed by atoms with Crippen molar-refractivity contribution in [3.63, 3.8) is 0 Å². The fourth-order valence-electron chi connectivity index (χ4n) is 2.68. The van der Waals surface area contributed by atoms with Crippen molar-refractivity contribution in [3.05, 3.63) is 0 Å². The van der Waals surface area contributed by atoms with E-state index in [0.29, 0.717) is 12.3 Å². The van der Waals surface area contributed by atoms with Gasteiger partial charge in [-0.05, 0) is 25.7 Å². The van der Waals surface area contributed by atoms with Crippen molar-refractivity contribution < 1.29 is 9.53 Å². The number of likely N-dealkylation sites (tertiary alicyclic amines) is 1. The third-order valence-corrected chi connectivity index (χ3v) is 3.44. The van der Waals surface area contributed by atoms with Gasteiger partial charge in [0.2, 0.25) is 5.91 Å². The molecule has 0 saturated carbocycles. The van der Waals surface area contributed by atoms with E-state index < -0.39 is 0 Å². The van der Waals surface area contributed by atoms with Crippen molar-refractivity contribution in [1.29, 1.82) is 0 Å². The van der Waals surface area contributed by atoms with Crippen LogP contribution in [0.3, 0.4) is 0 Å². The summed E-state index contributed by atoms with van der Waals surface area (Å²) in [5.41, 5.74) is 0.0895. The fraction of sp³-hybridized carbons (Fsp3) is 0.909. The quantitative estimate of drug-likeness (QED) is 0.672. The molecule has 2 rings (SSSR count). The summed E-state index contributed by atoms with van der Waals surface area (Å²) in [4.78, 5) is 14.0. The number of nitrogens with zero attached hydrogens (tertiary/aromatic N) is 1. The molecule has 1 amide bonds. The molecular formula is C11H19NO2. The van der Waals surface area contributed by atoms with Gasteiger partial charge in [-0.1, -0.05) is 6.92 Å². The Morgan fingerprint density at radius 1 is 1.50 bits per heavy atom. The minimum atomic E-state index is 0.0895. The van der Waals surface area contributed by atoms with E-state index in [0.717, 1.165) is 45.4 Å². The van der Waals surface area contributed by atoms with E-state index in [2.05, 4.69) is 11.8 Å². The summed E-state index contributed by atoms with van der Waals surface area (Å²) in [6.45, 7) is 4.60. The Kier molecular flexibility index (Phi) is 2.77. The summed E-state index contributed by atoms with van der Waals surface area (Å²) in [6, 6.07) is 0. The van der Waals surface area contributed by atoms with Crippen molar-refractivity contribution in [2.45, 2.75) is 44.6 Å². The molecule has 14 heavy (non-hydrogen) atoms. The third kappa shape index (κ3) is 1.54. The molecular weight excluding hydrogens is 178 g/mol. The molecule has 2 aliphatic heterocycles. The third-order valence-electron chi connectivity index (χ3n) is 3.44. The van der Waals surface area contributed by atoms with E-state index in [9.17, 15) is 4.79 Å². The maximum absolute atomic E-state index is 11.9. The van der Waals surface area contributed by atoms with Crippen molar-refractivity contribution in [2.75, 3.05) is 19.8 Å². The molecule has 0 radical (unpaired) electrons. The van der Waals surface area contributed by atoms with Crippen LogP contribution in [-0.4, -0.2) is 36.1 Å². The smallest absolute Gasteiger partial charge is 0.223 e. The second kappa shape index (κ2) is 3.89. The molecule has 3 heteroatoms. The summed E-state index contributed by atoms with van der Waals surface area (Å²) in [6.07, 6.45) is 4.98. The van der Waals surface area contributed by atoms with Gasteiger partial charge in [0.1, 0.15) is 0 Å². The van der Waals surface area contributed by atoms with E-state index >= 15 is 0 Å². The first-order valence-electron chi connectivity index (χ1n) is 5.67. The highest BCUT2D eigenvalue weighted by Gasteiger charge is 2.45. The lowest BCUT2D eigenvalue weighted by Crippen LogP contribution is -2.47. The van der Waals surface area contributed by atoms with Gasteiger partial charge in [-0.3, -0.25) is 4.79 Å². The molecule has 0 aromatic rings. The zero-order valence-corrected chi connectivity index (χ0v) is 8.92. The highest BCUT2D eigenvalue weighted by atomic mass is 16.5. The molecule has 80 valence electrons. The zero-order chi connectivity index (χ0) is 10.0. The van der Waals surface area contributed by atoms with Crippen LogP contribution in [0, 0.1) is 0 Å². The van der Waals surface area contributed by atoms with Crippen LogP contribution >= 0.6 is 0 Å². The highest BCUT2D eigenvalue weighted by Crippen LogP contribution is 2.36. The van der Waals surface area contributed by atoms with Crippen LogP contribution in [-0.2, 0) is 9.53 Å². The Morgan fingerprint density at radius 2 is 2.36 bits per heavy atom. The van der Waals surface area contributed by atoms with Crippen LogP contribution in [0.15, 0.2) is 0 Å². The van der Waals surface area contributed by atoms with Crippen LogP contribution in [0.4, 0.5) is 0 Å². The lowest BCUT2D eigenvalue weighted by atomic mass is 9.95. The topological polar surface area (TPSA) is 29.5 Å². The van der Waals surface area contributed by atoms with E-state index in [1.165, 1.54) is 0 Å². The predicted molar refractivity (Wildman–Crippen MR) is 54.0 cm³/mol. The average Bonchev–Trinajstić information content (AvgIpc) is 2.78. The van der Waals surface area contributed by atoms with Crippen molar-refractivity contribution in [2.24, 2.45) is 0 Å². The molecule has 0 bridgehead atoms. The monoisotopic (exact) mass is 197 g/mol. The second-order valence-corrected chi connectivity index (χ2v) is 4.43. The molecule has 2 heterocycles. The maximum atomic E-state index is 11.9. The molecule has 2 saturated heterocycles. The Labute approximate surface area is 85.4 Å². The minimum absolute atomic E-state index is 0.0895. The van der Waals surface area contributed by atoms with Crippen LogP contribution in [0.5, 0.6) is 0 Å². The van der Waals surface area contributed by atoms with Gasteiger partial charge in [0.25, 0.3) is 0 Å². The molecule has 0 aromatic carbocycles. The molecule has 1 spiro atoms. The highest BCUT2D eigenvalue weighted by molar-refractivity contribution is 5.77. The van der Waals surface area contributed by atoms with Crippen LogP contribution < -0.4 is 0 Å². The molecule has 3 nitrogen and oxygen atoms in total. The van der Waals surface area contributed by atoms with Gasteiger partial charge < -0.3 is 9.64 Å². The van der Waals surface area contributed by atoms with Crippen molar-refractivity contribution >= 4 is 5.91 Å². The normalized spacial score (nSPS) is 31.6. The lowest BCUT2D eigenvalue weighted by Gasteiger charge is -2.33. The zero-order valence-electron chi connectivity index (χ0n) is 8.92. The van der Waals surface area contributed by atoms with Gasteiger partial charge >= 0.3 is 0 Å². The van der Waals surface area contributed by atoms with Crippen LogP contribution in [0.25, 0.3) is 0 Å². The Hall–Kier alpha value is -0.570. The van der Waals surface area contributed by atoms with E-state index in [4.69, 9.17) is 4.74 Å². The first-order chi connectivity index (χ1) is 6.78. The molecule has 2 fully saturated rings. The number of rotatable bonds is 2. The first-order valence-corrected chi connectivity index (χ1v) is 5.67. The Bertz CT molecular complexity index is 216. The van der Waals surface area contributed by atoms with Gasteiger partial charge in [-0.15, -0.1) is 0 Å². The van der Waals surface area contributed by atoms with E-state index in [1.54, 1.807) is 0 Å². The molecule has 1 atom stereocenters. The number of carbonyl (C=O) groups excluding carboxylic acids is 1. The van der Waals surface area contributed by atoms with Gasteiger partial charge in [0.15, 0.2) is 0 Å². The molecule has 1 unspecified atom stereocenters. The first kappa shape index (κ1) is 9.97. The van der Waals surface area contributed by atoms with Gasteiger partial charge in [-0.2, -0.15) is 0 Å². The predicted octanol–water partition coefficient (Wildman–Crippen LogP) is 1.57.